The van der Waals surface area contributed by atoms with Gasteiger partial charge in [0.05, 0.1) is 0 Å². The second kappa shape index (κ2) is 20.2. The van der Waals surface area contributed by atoms with E-state index in [1.165, 1.54) is 11.1 Å². The van der Waals surface area contributed by atoms with E-state index in [2.05, 4.69) is 44.7 Å². The molecule has 0 saturated carbocycles. The van der Waals surface area contributed by atoms with Gasteiger partial charge in [-0.1, -0.05) is 77.8 Å². The number of aryl methyl sites for hydroxylation is 2. The van der Waals surface area contributed by atoms with Crippen LogP contribution in [-0.2, 0) is 0 Å². The fourth-order valence-electron chi connectivity index (χ4n) is 0.799. The number of hydrogen-bond acceptors (Lipinski definition) is 0. The molecule has 0 aromatic heterocycles. The molecular formula is C17H32. The summed E-state index contributed by atoms with van der Waals surface area (Å²) < 4.78 is 0. The first kappa shape index (κ1) is 24.8. The molecule has 100 valence electrons. The van der Waals surface area contributed by atoms with Crippen LogP contribution < -0.4 is 0 Å². The summed E-state index contributed by atoms with van der Waals surface area (Å²) in [5, 5.41) is 0. The van der Waals surface area contributed by atoms with Crippen LogP contribution in [0.1, 0.15) is 46.8 Å². The SMILES string of the molecule is C.C.C=C/C=C\C.CC.Cc1ccccc1C. The Morgan fingerprint density at radius 1 is 0.941 bits per heavy atom. The molecule has 1 aromatic rings. The van der Waals surface area contributed by atoms with Crippen molar-refractivity contribution in [2.24, 2.45) is 0 Å². The molecule has 0 unspecified atom stereocenters. The molecule has 0 amide bonds. The number of rotatable bonds is 1. The van der Waals surface area contributed by atoms with Crippen LogP contribution in [0, 0.1) is 13.8 Å². The van der Waals surface area contributed by atoms with Crippen LogP contribution in [0.25, 0.3) is 0 Å². The Morgan fingerprint density at radius 3 is 1.41 bits per heavy atom. The number of hydrogen-bond donors (Lipinski definition) is 0. The van der Waals surface area contributed by atoms with Gasteiger partial charge in [0.15, 0.2) is 0 Å². The quantitative estimate of drug-likeness (QED) is 0.498. The fourth-order valence-corrected chi connectivity index (χ4v) is 0.799. The highest BCUT2D eigenvalue weighted by Crippen LogP contribution is 2.02. The number of benzene rings is 1. The van der Waals surface area contributed by atoms with Crippen LogP contribution in [-0.4, -0.2) is 0 Å². The molecule has 0 aliphatic rings. The van der Waals surface area contributed by atoms with Crippen molar-refractivity contribution in [1.29, 1.82) is 0 Å². The first-order chi connectivity index (χ1) is 7.22. The average molecular weight is 236 g/mol. The highest BCUT2D eigenvalue weighted by atomic mass is 13.9. The second-order valence-electron chi connectivity index (χ2n) is 2.85. The molecule has 0 spiro atoms. The maximum absolute atomic E-state index is 3.46. The second-order valence-corrected chi connectivity index (χ2v) is 2.85. The largest absolute Gasteiger partial charge is 0.0991 e. The van der Waals surface area contributed by atoms with Crippen LogP contribution in [0.4, 0.5) is 0 Å². The zero-order valence-corrected chi connectivity index (χ0v) is 10.7. The van der Waals surface area contributed by atoms with Crippen LogP contribution in [0.5, 0.6) is 0 Å². The predicted octanol–water partition coefficient (Wildman–Crippen LogP) is 6.35. The van der Waals surface area contributed by atoms with Crippen molar-refractivity contribution in [3.05, 3.63) is 60.2 Å². The summed E-state index contributed by atoms with van der Waals surface area (Å²) in [7, 11) is 0. The summed E-state index contributed by atoms with van der Waals surface area (Å²) in [6, 6.07) is 8.36. The average Bonchev–Trinajstić information content (AvgIpc) is 2.27. The number of allylic oxidation sites excluding steroid dienone is 3. The molecule has 0 bridgehead atoms. The van der Waals surface area contributed by atoms with E-state index in [0.29, 0.717) is 0 Å². The molecule has 0 aliphatic heterocycles. The van der Waals surface area contributed by atoms with Crippen molar-refractivity contribution in [2.75, 3.05) is 0 Å². The van der Waals surface area contributed by atoms with Crippen LogP contribution in [0.2, 0.25) is 0 Å². The molecule has 17 heavy (non-hydrogen) atoms. The van der Waals surface area contributed by atoms with Gasteiger partial charge < -0.3 is 0 Å². The molecule has 0 N–H and O–H groups in total. The zero-order chi connectivity index (χ0) is 12.1. The predicted molar refractivity (Wildman–Crippen MR) is 85.7 cm³/mol. The topological polar surface area (TPSA) is 0 Å². The highest BCUT2D eigenvalue weighted by Gasteiger charge is 1.83. The van der Waals surface area contributed by atoms with Gasteiger partial charge >= 0.3 is 0 Å². The summed E-state index contributed by atoms with van der Waals surface area (Å²) in [5.41, 5.74) is 2.74. The molecule has 0 saturated heterocycles. The van der Waals surface area contributed by atoms with Gasteiger partial charge in [-0.15, -0.1) is 0 Å². The van der Waals surface area contributed by atoms with Gasteiger partial charge in [-0.05, 0) is 31.9 Å². The lowest BCUT2D eigenvalue weighted by Gasteiger charge is -1.93. The molecule has 0 fully saturated rings. The highest BCUT2D eigenvalue weighted by molar-refractivity contribution is 5.23. The normalized spacial score (nSPS) is 7.35. The van der Waals surface area contributed by atoms with Crippen LogP contribution >= 0.6 is 0 Å². The lowest BCUT2D eigenvalue weighted by molar-refractivity contribution is 1.34. The van der Waals surface area contributed by atoms with E-state index in [9.17, 15) is 0 Å². The van der Waals surface area contributed by atoms with Gasteiger partial charge in [0.25, 0.3) is 0 Å². The maximum atomic E-state index is 3.46. The van der Waals surface area contributed by atoms with E-state index in [0.717, 1.165) is 0 Å². The minimum absolute atomic E-state index is 0. The van der Waals surface area contributed by atoms with Crippen molar-refractivity contribution < 1.29 is 0 Å². The molecule has 1 rings (SSSR count). The molecule has 0 heterocycles. The van der Waals surface area contributed by atoms with Gasteiger partial charge in [-0.3, -0.25) is 0 Å². The molecule has 0 heteroatoms. The molecule has 0 atom stereocenters. The maximum Gasteiger partial charge on any atom is -0.0395 e. The van der Waals surface area contributed by atoms with Crippen molar-refractivity contribution in [3.8, 4) is 0 Å². The fraction of sp³-hybridized carbons (Fsp3) is 0.412. The summed E-state index contributed by atoms with van der Waals surface area (Å²) in [4.78, 5) is 0. The van der Waals surface area contributed by atoms with Crippen molar-refractivity contribution in [3.63, 3.8) is 0 Å². The molecule has 0 radical (unpaired) electrons. The van der Waals surface area contributed by atoms with Crippen molar-refractivity contribution >= 4 is 0 Å². The Bertz CT molecular complexity index is 248. The lowest BCUT2D eigenvalue weighted by atomic mass is 10.1. The summed E-state index contributed by atoms with van der Waals surface area (Å²) in [6.45, 7) is 13.7. The standard InChI is InChI=1S/C8H10.C5H8.C2H6.2CH4/c1-7-5-3-4-6-8(7)2;1-3-5-4-2;1-2;;/h3-6H,1-2H3;3-5H,1H2,2H3;1-2H3;2*1H4/b;5-4-;;;. The Labute approximate surface area is 110 Å². The van der Waals surface area contributed by atoms with E-state index >= 15 is 0 Å². The Balaban J connectivity index is -0.0000000838. The summed E-state index contributed by atoms with van der Waals surface area (Å²) in [5.74, 6) is 0. The molecule has 0 nitrogen and oxygen atoms in total. The molecular weight excluding hydrogens is 204 g/mol. The van der Waals surface area contributed by atoms with Crippen LogP contribution in [0.15, 0.2) is 49.1 Å². The first-order valence-electron chi connectivity index (χ1n) is 5.48. The minimum atomic E-state index is 0. The zero-order valence-electron chi connectivity index (χ0n) is 10.7. The third-order valence-electron chi connectivity index (χ3n) is 1.75. The van der Waals surface area contributed by atoms with Crippen molar-refractivity contribution in [2.45, 2.75) is 49.5 Å². The minimum Gasteiger partial charge on any atom is -0.0991 e. The van der Waals surface area contributed by atoms with Gasteiger partial charge in [0.1, 0.15) is 0 Å². The third kappa shape index (κ3) is 17.3. The molecule has 1 aromatic carbocycles. The lowest BCUT2D eigenvalue weighted by Crippen LogP contribution is -1.74. The monoisotopic (exact) mass is 236 g/mol. The van der Waals surface area contributed by atoms with E-state index in [1.54, 1.807) is 6.08 Å². The summed E-state index contributed by atoms with van der Waals surface area (Å²) in [6.07, 6.45) is 5.58. The van der Waals surface area contributed by atoms with E-state index < -0.39 is 0 Å². The Kier molecular flexibility index (Phi) is 29.4. The van der Waals surface area contributed by atoms with Gasteiger partial charge in [0.2, 0.25) is 0 Å². The van der Waals surface area contributed by atoms with Gasteiger partial charge in [-0.2, -0.15) is 0 Å². The smallest absolute Gasteiger partial charge is 0.0395 e. The first-order valence-corrected chi connectivity index (χ1v) is 5.48. The van der Waals surface area contributed by atoms with Crippen LogP contribution in [0.3, 0.4) is 0 Å². The van der Waals surface area contributed by atoms with Crippen molar-refractivity contribution in [1.82, 2.24) is 0 Å². The third-order valence-corrected chi connectivity index (χ3v) is 1.75. The molecule has 0 aliphatic carbocycles. The van der Waals surface area contributed by atoms with E-state index in [-0.39, 0.29) is 14.9 Å². The van der Waals surface area contributed by atoms with E-state index in [1.807, 2.05) is 32.9 Å². The Morgan fingerprint density at radius 2 is 1.29 bits per heavy atom. The van der Waals surface area contributed by atoms with E-state index in [4.69, 9.17) is 0 Å². The summed E-state index contributed by atoms with van der Waals surface area (Å²) >= 11 is 0. The van der Waals surface area contributed by atoms with Gasteiger partial charge in [-0.25, -0.2) is 0 Å². The van der Waals surface area contributed by atoms with Gasteiger partial charge in [0, 0.05) is 0 Å². The Hall–Kier alpha value is -1.30.